The van der Waals surface area contributed by atoms with Crippen LogP contribution in [0.5, 0.6) is 5.75 Å². The van der Waals surface area contributed by atoms with Crippen molar-refractivity contribution in [2.45, 2.75) is 6.42 Å². The number of benzene rings is 2. The van der Waals surface area contributed by atoms with Gasteiger partial charge in [0, 0.05) is 11.3 Å². The van der Waals surface area contributed by atoms with Crippen LogP contribution in [0.15, 0.2) is 59.7 Å². The summed E-state index contributed by atoms with van der Waals surface area (Å²) in [5.41, 5.74) is 3.33. The van der Waals surface area contributed by atoms with Gasteiger partial charge in [-0.2, -0.15) is 5.10 Å². The highest BCUT2D eigenvalue weighted by Crippen LogP contribution is 2.12. The van der Waals surface area contributed by atoms with Gasteiger partial charge in [0.15, 0.2) is 0 Å². The standard InChI is InChI=1S/C16H15N3O3/c20-14-9-5-4-6-12(14)11-17-19-16(22)10-15(21)18-13-7-2-1-3-8-13/h1-9,11,20H,10H2,(H,18,21)(H,19,22)/b17-11+. The third kappa shape index (κ3) is 4.75. The lowest BCUT2D eigenvalue weighted by molar-refractivity contribution is -0.126. The van der Waals surface area contributed by atoms with Gasteiger partial charge in [-0.15, -0.1) is 0 Å². The summed E-state index contributed by atoms with van der Waals surface area (Å²) in [4.78, 5) is 23.2. The van der Waals surface area contributed by atoms with Gasteiger partial charge in [0.05, 0.1) is 6.21 Å². The highest BCUT2D eigenvalue weighted by atomic mass is 16.3. The number of phenolic OH excluding ortho intramolecular Hbond substituents is 1. The van der Waals surface area contributed by atoms with Crippen LogP contribution >= 0.6 is 0 Å². The van der Waals surface area contributed by atoms with Crippen molar-refractivity contribution in [2.75, 3.05) is 5.32 Å². The number of amides is 2. The molecular formula is C16H15N3O3. The Morgan fingerprint density at radius 2 is 1.68 bits per heavy atom. The van der Waals surface area contributed by atoms with Crippen LogP contribution in [0, 0.1) is 0 Å². The van der Waals surface area contributed by atoms with Crippen LogP contribution in [-0.4, -0.2) is 23.1 Å². The molecule has 0 aliphatic carbocycles. The number of anilines is 1. The fourth-order valence-corrected chi connectivity index (χ4v) is 1.68. The van der Waals surface area contributed by atoms with Crippen LogP contribution in [0.2, 0.25) is 0 Å². The molecule has 0 aliphatic heterocycles. The molecule has 0 radical (unpaired) electrons. The third-order valence-electron chi connectivity index (χ3n) is 2.71. The molecule has 0 heterocycles. The average molecular weight is 297 g/mol. The van der Waals surface area contributed by atoms with Crippen molar-refractivity contribution in [3.05, 3.63) is 60.2 Å². The number of nitrogens with zero attached hydrogens (tertiary/aromatic N) is 1. The van der Waals surface area contributed by atoms with E-state index in [0.717, 1.165) is 0 Å². The Kier molecular flexibility index (Phi) is 5.25. The first-order valence-electron chi connectivity index (χ1n) is 6.60. The fraction of sp³-hybridized carbons (Fsp3) is 0.0625. The normalized spacial score (nSPS) is 10.4. The summed E-state index contributed by atoms with van der Waals surface area (Å²) in [6, 6.07) is 15.4. The molecule has 3 N–H and O–H groups in total. The zero-order chi connectivity index (χ0) is 15.8. The predicted octanol–water partition coefficient (Wildman–Crippen LogP) is 1.87. The summed E-state index contributed by atoms with van der Waals surface area (Å²) in [6.45, 7) is 0. The molecule has 0 aliphatic rings. The van der Waals surface area contributed by atoms with Crippen molar-refractivity contribution in [3.8, 4) is 5.75 Å². The Hall–Kier alpha value is -3.15. The topological polar surface area (TPSA) is 90.8 Å². The van der Waals surface area contributed by atoms with Gasteiger partial charge >= 0.3 is 0 Å². The molecule has 2 amide bonds. The van der Waals surface area contributed by atoms with Gasteiger partial charge in [-0.25, -0.2) is 5.43 Å². The quantitative estimate of drug-likeness (QED) is 0.447. The monoisotopic (exact) mass is 297 g/mol. The molecule has 2 aromatic rings. The first-order chi connectivity index (χ1) is 10.6. The second-order valence-corrected chi connectivity index (χ2v) is 4.44. The summed E-state index contributed by atoms with van der Waals surface area (Å²) in [5, 5.41) is 15.8. The molecule has 2 rings (SSSR count). The van der Waals surface area contributed by atoms with Crippen molar-refractivity contribution < 1.29 is 14.7 Å². The second kappa shape index (κ2) is 7.58. The summed E-state index contributed by atoms with van der Waals surface area (Å²) < 4.78 is 0. The average Bonchev–Trinajstić information content (AvgIpc) is 2.50. The van der Waals surface area contributed by atoms with Gasteiger partial charge in [-0.05, 0) is 24.3 Å². The zero-order valence-electron chi connectivity index (χ0n) is 11.7. The van der Waals surface area contributed by atoms with Crippen molar-refractivity contribution in [1.29, 1.82) is 0 Å². The molecule has 0 saturated heterocycles. The van der Waals surface area contributed by atoms with E-state index in [2.05, 4.69) is 15.8 Å². The molecule has 0 spiro atoms. The summed E-state index contributed by atoms with van der Waals surface area (Å²) in [6.07, 6.45) is 0.968. The Morgan fingerprint density at radius 1 is 1.00 bits per heavy atom. The highest BCUT2D eigenvalue weighted by molar-refractivity contribution is 6.03. The first kappa shape index (κ1) is 15.2. The molecule has 0 aromatic heterocycles. The van der Waals surface area contributed by atoms with Crippen LogP contribution in [0.3, 0.4) is 0 Å². The van der Waals surface area contributed by atoms with E-state index < -0.39 is 11.8 Å². The summed E-state index contributed by atoms with van der Waals surface area (Å²) in [5.74, 6) is -0.913. The maximum absolute atomic E-state index is 11.6. The van der Waals surface area contributed by atoms with Crippen LogP contribution in [0.1, 0.15) is 12.0 Å². The van der Waals surface area contributed by atoms with Gasteiger partial charge in [-0.3, -0.25) is 9.59 Å². The number of phenols is 1. The van der Waals surface area contributed by atoms with Crippen LogP contribution < -0.4 is 10.7 Å². The smallest absolute Gasteiger partial charge is 0.249 e. The van der Waals surface area contributed by atoms with Gasteiger partial charge < -0.3 is 10.4 Å². The third-order valence-corrected chi connectivity index (χ3v) is 2.71. The van der Waals surface area contributed by atoms with Crippen molar-refractivity contribution in [1.82, 2.24) is 5.43 Å². The molecule has 22 heavy (non-hydrogen) atoms. The number of hydrogen-bond donors (Lipinski definition) is 3. The highest BCUT2D eigenvalue weighted by Gasteiger charge is 2.08. The van der Waals surface area contributed by atoms with E-state index in [9.17, 15) is 14.7 Å². The van der Waals surface area contributed by atoms with Crippen LogP contribution in [0.25, 0.3) is 0 Å². The Labute approximate surface area is 127 Å². The number of hydrazone groups is 1. The minimum atomic E-state index is -0.542. The Morgan fingerprint density at radius 3 is 2.41 bits per heavy atom. The van der Waals surface area contributed by atoms with Gasteiger partial charge in [-0.1, -0.05) is 30.3 Å². The lowest BCUT2D eigenvalue weighted by Crippen LogP contribution is -2.24. The second-order valence-electron chi connectivity index (χ2n) is 4.44. The minimum absolute atomic E-state index is 0.0577. The fourth-order valence-electron chi connectivity index (χ4n) is 1.68. The van der Waals surface area contributed by atoms with Gasteiger partial charge in [0.2, 0.25) is 11.8 Å². The Bertz CT molecular complexity index is 684. The molecule has 2 aromatic carbocycles. The molecule has 112 valence electrons. The number of para-hydroxylation sites is 2. The number of carbonyl (C=O) groups excluding carboxylic acids is 2. The molecule has 0 fully saturated rings. The van der Waals surface area contributed by atoms with Crippen molar-refractivity contribution >= 4 is 23.7 Å². The SMILES string of the molecule is O=C(CC(=O)Nc1ccccc1)N/N=C/c1ccccc1O. The Balaban J connectivity index is 1.80. The largest absolute Gasteiger partial charge is 0.507 e. The number of rotatable bonds is 5. The first-order valence-corrected chi connectivity index (χ1v) is 6.60. The molecule has 6 nitrogen and oxygen atoms in total. The molecule has 0 unspecified atom stereocenters. The molecule has 0 saturated carbocycles. The number of nitrogens with one attached hydrogen (secondary N) is 2. The van der Waals surface area contributed by atoms with Crippen LogP contribution in [0.4, 0.5) is 5.69 Å². The minimum Gasteiger partial charge on any atom is -0.507 e. The predicted molar refractivity (Wildman–Crippen MR) is 83.5 cm³/mol. The van der Waals surface area contributed by atoms with E-state index in [-0.39, 0.29) is 12.2 Å². The maximum Gasteiger partial charge on any atom is 0.249 e. The van der Waals surface area contributed by atoms with Crippen molar-refractivity contribution in [3.63, 3.8) is 0 Å². The lowest BCUT2D eigenvalue weighted by Gasteiger charge is -2.04. The molecule has 6 heteroatoms. The summed E-state index contributed by atoms with van der Waals surface area (Å²) in [7, 11) is 0. The number of carbonyl (C=O) groups is 2. The van der Waals surface area contributed by atoms with E-state index in [4.69, 9.17) is 0 Å². The molecular weight excluding hydrogens is 282 g/mol. The molecule has 0 bridgehead atoms. The van der Waals surface area contributed by atoms with Gasteiger partial charge in [0.25, 0.3) is 0 Å². The van der Waals surface area contributed by atoms with E-state index in [0.29, 0.717) is 11.3 Å². The molecule has 0 atom stereocenters. The van der Waals surface area contributed by atoms with Crippen LogP contribution in [-0.2, 0) is 9.59 Å². The number of aromatic hydroxyl groups is 1. The van der Waals surface area contributed by atoms with E-state index in [1.54, 1.807) is 42.5 Å². The zero-order valence-corrected chi connectivity index (χ0v) is 11.7. The van der Waals surface area contributed by atoms with Gasteiger partial charge in [0.1, 0.15) is 12.2 Å². The number of hydrogen-bond acceptors (Lipinski definition) is 4. The van der Waals surface area contributed by atoms with E-state index >= 15 is 0 Å². The summed E-state index contributed by atoms with van der Waals surface area (Å²) >= 11 is 0. The van der Waals surface area contributed by atoms with E-state index in [1.165, 1.54) is 12.3 Å². The lowest BCUT2D eigenvalue weighted by atomic mass is 10.2. The van der Waals surface area contributed by atoms with E-state index in [1.807, 2.05) is 6.07 Å². The van der Waals surface area contributed by atoms with Crippen molar-refractivity contribution in [2.24, 2.45) is 5.10 Å². The maximum atomic E-state index is 11.6.